The van der Waals surface area contributed by atoms with Crippen LogP contribution in [-0.2, 0) is 15.5 Å². The molecule has 0 saturated carbocycles. The molecule has 8 heteroatoms. The van der Waals surface area contributed by atoms with Crippen molar-refractivity contribution in [2.45, 2.75) is 49.5 Å². The van der Waals surface area contributed by atoms with E-state index in [4.69, 9.17) is 16.3 Å². The maximum atomic E-state index is 12.6. The molecule has 22 heavy (non-hydrogen) atoms. The molecule has 1 saturated heterocycles. The van der Waals surface area contributed by atoms with E-state index in [1.807, 2.05) is 20.8 Å². The minimum atomic E-state index is -1.33. The summed E-state index contributed by atoms with van der Waals surface area (Å²) in [5, 5.41) is 0.487. The average Bonchev–Trinajstić information content (AvgIpc) is 2.45. The van der Waals surface area contributed by atoms with Gasteiger partial charge in [-0.25, -0.2) is 14.8 Å². The van der Waals surface area contributed by atoms with Gasteiger partial charge in [-0.2, -0.15) is 0 Å². The number of carbonyl (C=O) groups excluding carboxylic acids is 1. The smallest absolute Gasteiger partial charge is 0.410 e. The van der Waals surface area contributed by atoms with Crippen molar-refractivity contribution in [2.24, 2.45) is 0 Å². The predicted molar refractivity (Wildman–Crippen MR) is 84.3 cm³/mol. The van der Waals surface area contributed by atoms with E-state index in [9.17, 15) is 9.00 Å². The average molecular weight is 346 g/mol. The van der Waals surface area contributed by atoms with Crippen molar-refractivity contribution in [2.75, 3.05) is 13.1 Å². The molecule has 1 fully saturated rings. The van der Waals surface area contributed by atoms with Crippen LogP contribution >= 0.6 is 11.6 Å². The zero-order valence-corrected chi connectivity index (χ0v) is 14.5. The van der Waals surface area contributed by atoms with Crippen LogP contribution in [0.4, 0.5) is 4.79 Å². The van der Waals surface area contributed by atoms with Crippen LogP contribution in [0.25, 0.3) is 0 Å². The number of carbonyl (C=O) groups is 1. The monoisotopic (exact) mass is 345 g/mol. The highest BCUT2D eigenvalue weighted by molar-refractivity contribution is 7.85. The lowest BCUT2D eigenvalue weighted by molar-refractivity contribution is 0.0219. The van der Waals surface area contributed by atoms with Gasteiger partial charge >= 0.3 is 6.09 Å². The zero-order chi connectivity index (χ0) is 16.3. The molecule has 122 valence electrons. The second kappa shape index (κ2) is 6.91. The van der Waals surface area contributed by atoms with Crippen molar-refractivity contribution in [1.29, 1.82) is 0 Å². The summed E-state index contributed by atoms with van der Waals surface area (Å²) in [5.74, 6) is 0. The number of nitrogens with zero attached hydrogens (tertiary/aromatic N) is 3. The van der Waals surface area contributed by atoms with Gasteiger partial charge in [0.05, 0.1) is 16.0 Å². The molecule has 1 aliphatic rings. The lowest BCUT2D eigenvalue weighted by atomic mass is 10.1. The summed E-state index contributed by atoms with van der Waals surface area (Å²) >= 11 is 5.81. The van der Waals surface area contributed by atoms with Gasteiger partial charge in [0.25, 0.3) is 0 Å². The van der Waals surface area contributed by atoms with E-state index >= 15 is 0 Å². The molecule has 6 nitrogen and oxygen atoms in total. The Labute approximate surface area is 137 Å². The molecular formula is C14H20ClN3O3S. The van der Waals surface area contributed by atoms with Gasteiger partial charge in [-0.15, -0.1) is 0 Å². The van der Waals surface area contributed by atoms with Crippen LogP contribution in [-0.4, -0.2) is 49.1 Å². The summed E-state index contributed by atoms with van der Waals surface area (Å²) in [6, 6.07) is 1.50. The van der Waals surface area contributed by atoms with Gasteiger partial charge in [0, 0.05) is 19.2 Å². The number of piperidine rings is 1. The predicted octanol–water partition coefficient (Wildman–Crippen LogP) is 2.64. The first-order chi connectivity index (χ1) is 10.3. The van der Waals surface area contributed by atoms with E-state index in [-0.39, 0.29) is 16.5 Å². The number of hydrogen-bond acceptors (Lipinski definition) is 5. The molecule has 1 amide bonds. The van der Waals surface area contributed by atoms with Gasteiger partial charge in [-0.1, -0.05) is 11.6 Å². The number of rotatable bonds is 2. The number of likely N-dealkylation sites (tertiary alicyclic amines) is 1. The van der Waals surface area contributed by atoms with Crippen LogP contribution in [0, 0.1) is 0 Å². The van der Waals surface area contributed by atoms with Gasteiger partial charge in [0.1, 0.15) is 22.1 Å². The summed E-state index contributed by atoms with van der Waals surface area (Å²) in [7, 11) is -1.33. The Kier molecular flexibility index (Phi) is 5.39. The Morgan fingerprint density at radius 2 is 2.18 bits per heavy atom. The van der Waals surface area contributed by atoms with Crippen LogP contribution in [0.1, 0.15) is 33.6 Å². The van der Waals surface area contributed by atoms with Crippen molar-refractivity contribution < 1.29 is 13.7 Å². The number of amides is 1. The standard InChI is InChI=1S/C14H20ClN3O3S/c1-14(2,3)21-13(19)18-6-4-5-10(8-18)22(20)12-7-11(15)16-9-17-12/h7,9-10H,4-6,8H2,1-3H3/t10-,22-/m0/s1. The van der Waals surface area contributed by atoms with Crippen LogP contribution in [0.2, 0.25) is 5.15 Å². The van der Waals surface area contributed by atoms with Gasteiger partial charge in [0.15, 0.2) is 0 Å². The summed E-state index contributed by atoms with van der Waals surface area (Å²) in [5.41, 5.74) is -0.538. The van der Waals surface area contributed by atoms with E-state index in [0.717, 1.165) is 12.8 Å². The number of halogens is 1. The molecule has 0 spiro atoms. The molecule has 0 aliphatic carbocycles. The Hall–Kier alpha value is -1.21. The molecule has 0 unspecified atom stereocenters. The fraction of sp³-hybridized carbons (Fsp3) is 0.643. The second-order valence-electron chi connectivity index (χ2n) is 6.17. The Morgan fingerprint density at radius 1 is 1.45 bits per heavy atom. The van der Waals surface area contributed by atoms with E-state index in [2.05, 4.69) is 9.97 Å². The maximum Gasteiger partial charge on any atom is 0.410 e. The SMILES string of the molecule is CC(C)(C)OC(=O)N1CCC[C@H]([S@](=O)c2cc(Cl)ncn2)C1. The summed E-state index contributed by atoms with van der Waals surface area (Å²) in [6.07, 6.45) is 2.49. The maximum absolute atomic E-state index is 12.6. The lowest BCUT2D eigenvalue weighted by Crippen LogP contribution is -2.45. The number of ether oxygens (including phenoxy) is 1. The molecule has 2 heterocycles. The number of aromatic nitrogens is 2. The molecule has 0 aromatic carbocycles. The molecule has 1 aromatic rings. The van der Waals surface area contributed by atoms with Gasteiger partial charge < -0.3 is 9.64 Å². The van der Waals surface area contributed by atoms with Crippen molar-refractivity contribution in [3.05, 3.63) is 17.5 Å². The molecule has 0 N–H and O–H groups in total. The quantitative estimate of drug-likeness (QED) is 0.770. The van der Waals surface area contributed by atoms with E-state index in [1.54, 1.807) is 4.90 Å². The normalized spacial score (nSPS) is 20.5. The first-order valence-electron chi connectivity index (χ1n) is 7.12. The minimum Gasteiger partial charge on any atom is -0.444 e. The Bertz CT molecular complexity index is 577. The highest BCUT2D eigenvalue weighted by Crippen LogP contribution is 2.22. The second-order valence-corrected chi connectivity index (χ2v) is 8.23. The molecule has 0 radical (unpaired) electrons. The topological polar surface area (TPSA) is 72.4 Å². The van der Waals surface area contributed by atoms with E-state index in [1.165, 1.54) is 12.4 Å². The van der Waals surface area contributed by atoms with Crippen molar-refractivity contribution >= 4 is 28.5 Å². The largest absolute Gasteiger partial charge is 0.444 e. The molecule has 1 aromatic heterocycles. The van der Waals surface area contributed by atoms with Crippen LogP contribution in [0.5, 0.6) is 0 Å². The minimum absolute atomic E-state index is 0.174. The van der Waals surface area contributed by atoms with Gasteiger partial charge in [0.2, 0.25) is 0 Å². The zero-order valence-electron chi connectivity index (χ0n) is 12.9. The third-order valence-corrected chi connectivity index (χ3v) is 4.98. The fourth-order valence-electron chi connectivity index (χ4n) is 2.20. The third kappa shape index (κ3) is 4.64. The van der Waals surface area contributed by atoms with Crippen LogP contribution in [0.15, 0.2) is 17.4 Å². The number of hydrogen-bond donors (Lipinski definition) is 0. The highest BCUT2D eigenvalue weighted by atomic mass is 35.5. The first kappa shape index (κ1) is 17.1. The molecule has 1 aliphatic heterocycles. The van der Waals surface area contributed by atoms with E-state index < -0.39 is 16.4 Å². The Balaban J connectivity index is 2.04. The Morgan fingerprint density at radius 3 is 2.82 bits per heavy atom. The van der Waals surface area contributed by atoms with Crippen molar-refractivity contribution in [3.63, 3.8) is 0 Å². The highest BCUT2D eigenvalue weighted by Gasteiger charge is 2.31. The molecule has 2 atom stereocenters. The molecule has 2 rings (SSSR count). The van der Waals surface area contributed by atoms with Gasteiger partial charge in [-0.05, 0) is 33.6 Å². The van der Waals surface area contributed by atoms with Crippen molar-refractivity contribution in [1.82, 2.24) is 14.9 Å². The summed E-state index contributed by atoms with van der Waals surface area (Å²) in [6.45, 7) is 6.49. The van der Waals surface area contributed by atoms with Crippen molar-refractivity contribution in [3.8, 4) is 0 Å². The van der Waals surface area contributed by atoms with Crippen LogP contribution in [0.3, 0.4) is 0 Å². The van der Waals surface area contributed by atoms with Crippen LogP contribution < -0.4 is 0 Å². The lowest BCUT2D eigenvalue weighted by Gasteiger charge is -2.33. The molecule has 0 bridgehead atoms. The summed E-state index contributed by atoms with van der Waals surface area (Å²) < 4.78 is 18.0. The van der Waals surface area contributed by atoms with E-state index in [0.29, 0.717) is 18.1 Å². The van der Waals surface area contributed by atoms with Gasteiger partial charge in [-0.3, -0.25) is 4.21 Å². The third-order valence-electron chi connectivity index (χ3n) is 3.15. The first-order valence-corrected chi connectivity index (χ1v) is 8.71. The fourth-order valence-corrected chi connectivity index (χ4v) is 3.83. The molecular weight excluding hydrogens is 326 g/mol. The summed E-state index contributed by atoms with van der Waals surface area (Å²) in [4.78, 5) is 21.5.